The number of nitrogens with one attached hydrogen (secondary N) is 2. The molecule has 7 nitrogen and oxygen atoms in total. The lowest BCUT2D eigenvalue weighted by Gasteiger charge is -2.11. The largest absolute Gasteiger partial charge is 0.480 e. The Morgan fingerprint density at radius 1 is 1.17 bits per heavy atom. The van der Waals surface area contributed by atoms with Gasteiger partial charge in [0.2, 0.25) is 11.8 Å². The van der Waals surface area contributed by atoms with Gasteiger partial charge in [-0.15, -0.1) is 12.4 Å². The average Bonchev–Trinajstić information content (AvgIpc) is 3.06. The number of rotatable bonds is 5. The summed E-state index contributed by atoms with van der Waals surface area (Å²) in [5.74, 6) is 0.0398. The molecule has 1 aromatic heterocycles. The fourth-order valence-corrected chi connectivity index (χ4v) is 2.59. The number of benzene rings is 1. The number of carbonyl (C=O) groups excluding carboxylic acids is 1. The van der Waals surface area contributed by atoms with Crippen LogP contribution in [0.3, 0.4) is 0 Å². The van der Waals surface area contributed by atoms with Gasteiger partial charge >= 0.3 is 0 Å². The number of nitrogens with zero attached hydrogens (tertiary/aromatic N) is 2. The van der Waals surface area contributed by atoms with Crippen LogP contribution < -0.4 is 20.1 Å². The molecule has 0 radical (unpaired) electrons. The molecule has 0 fully saturated rings. The van der Waals surface area contributed by atoms with E-state index in [1.807, 2.05) is 6.07 Å². The number of aromatic nitrogens is 2. The van der Waals surface area contributed by atoms with Crippen molar-refractivity contribution in [1.82, 2.24) is 20.6 Å². The maximum Gasteiger partial charge on any atom is 0.262 e. The van der Waals surface area contributed by atoms with E-state index in [2.05, 4.69) is 32.7 Å². The van der Waals surface area contributed by atoms with E-state index in [4.69, 9.17) is 9.47 Å². The first kappa shape index (κ1) is 18.0. The Morgan fingerprint density at radius 3 is 2.50 bits per heavy atom. The average molecular weight is 351 g/mol. The molecule has 128 valence electrons. The van der Waals surface area contributed by atoms with Crippen LogP contribution >= 0.6 is 12.4 Å². The van der Waals surface area contributed by atoms with Crippen LogP contribution in [0.4, 0.5) is 0 Å². The van der Waals surface area contributed by atoms with E-state index in [0.717, 1.165) is 18.7 Å². The van der Waals surface area contributed by atoms with Gasteiger partial charge in [0, 0.05) is 19.6 Å². The summed E-state index contributed by atoms with van der Waals surface area (Å²) in [6.07, 6.45) is 1.29. The van der Waals surface area contributed by atoms with Gasteiger partial charge in [0.15, 0.2) is 5.56 Å². The van der Waals surface area contributed by atoms with Crippen molar-refractivity contribution in [3.63, 3.8) is 0 Å². The molecule has 0 saturated carbocycles. The standard InChI is InChI=1S/C16H18N4O3.ClH/c1-22-15-13(16(23-2)20-9-19-15)14(21)18-6-10-3-4-11-7-17-8-12(11)5-10;/h3-5,9,17H,6-8H2,1-2H3,(H,18,21);1H. The van der Waals surface area contributed by atoms with E-state index in [0.29, 0.717) is 6.54 Å². The monoisotopic (exact) mass is 350 g/mol. The van der Waals surface area contributed by atoms with E-state index in [9.17, 15) is 4.79 Å². The lowest BCUT2D eigenvalue weighted by Crippen LogP contribution is -2.24. The number of carbonyl (C=O) groups is 1. The predicted octanol–water partition coefficient (Wildman–Crippen LogP) is 1.45. The summed E-state index contributed by atoms with van der Waals surface area (Å²) in [6, 6.07) is 6.21. The van der Waals surface area contributed by atoms with E-state index in [-0.39, 0.29) is 35.6 Å². The van der Waals surface area contributed by atoms with Gasteiger partial charge in [-0.05, 0) is 16.7 Å². The molecule has 0 spiro atoms. The molecule has 8 heteroatoms. The number of amides is 1. The number of ether oxygens (including phenoxy) is 2. The van der Waals surface area contributed by atoms with Crippen molar-refractivity contribution in [3.8, 4) is 11.8 Å². The molecule has 0 unspecified atom stereocenters. The van der Waals surface area contributed by atoms with Crippen molar-refractivity contribution in [2.75, 3.05) is 14.2 Å². The van der Waals surface area contributed by atoms with Crippen LogP contribution in [0.25, 0.3) is 0 Å². The van der Waals surface area contributed by atoms with Gasteiger partial charge < -0.3 is 20.1 Å². The maximum absolute atomic E-state index is 12.4. The second-order valence-electron chi connectivity index (χ2n) is 5.16. The second-order valence-corrected chi connectivity index (χ2v) is 5.16. The van der Waals surface area contributed by atoms with E-state index >= 15 is 0 Å². The molecule has 2 aromatic rings. The maximum atomic E-state index is 12.4. The van der Waals surface area contributed by atoms with Gasteiger partial charge in [-0.1, -0.05) is 18.2 Å². The van der Waals surface area contributed by atoms with Crippen LogP contribution in [-0.2, 0) is 19.6 Å². The summed E-state index contributed by atoms with van der Waals surface area (Å²) in [5, 5.41) is 6.16. The van der Waals surface area contributed by atoms with Crippen LogP contribution in [-0.4, -0.2) is 30.1 Å². The van der Waals surface area contributed by atoms with Crippen LogP contribution in [0.2, 0.25) is 0 Å². The van der Waals surface area contributed by atoms with Crippen molar-refractivity contribution in [1.29, 1.82) is 0 Å². The van der Waals surface area contributed by atoms with Crippen molar-refractivity contribution < 1.29 is 14.3 Å². The Balaban J connectivity index is 0.00000208. The predicted molar refractivity (Wildman–Crippen MR) is 90.5 cm³/mol. The molecular formula is C16H19ClN4O3. The fourth-order valence-electron chi connectivity index (χ4n) is 2.59. The molecule has 1 aromatic carbocycles. The zero-order chi connectivity index (χ0) is 16.2. The minimum absolute atomic E-state index is 0. The molecular weight excluding hydrogens is 332 g/mol. The normalized spacial score (nSPS) is 12.1. The van der Waals surface area contributed by atoms with Crippen molar-refractivity contribution in [2.24, 2.45) is 0 Å². The molecule has 2 heterocycles. The van der Waals surface area contributed by atoms with Gasteiger partial charge in [-0.2, -0.15) is 0 Å². The molecule has 24 heavy (non-hydrogen) atoms. The highest BCUT2D eigenvalue weighted by Crippen LogP contribution is 2.23. The molecule has 1 aliphatic heterocycles. The molecule has 0 bridgehead atoms. The van der Waals surface area contributed by atoms with Crippen molar-refractivity contribution in [3.05, 3.63) is 46.8 Å². The minimum Gasteiger partial charge on any atom is -0.480 e. The third-order valence-electron chi connectivity index (χ3n) is 3.75. The van der Waals surface area contributed by atoms with E-state index < -0.39 is 0 Å². The minimum atomic E-state index is -0.335. The smallest absolute Gasteiger partial charge is 0.262 e. The van der Waals surface area contributed by atoms with Crippen LogP contribution in [0.15, 0.2) is 24.5 Å². The molecule has 0 atom stereocenters. The van der Waals surface area contributed by atoms with Crippen LogP contribution in [0.5, 0.6) is 11.8 Å². The molecule has 0 saturated heterocycles. The molecule has 1 aliphatic rings. The summed E-state index contributed by atoms with van der Waals surface area (Å²) in [7, 11) is 2.90. The fraction of sp³-hybridized carbons (Fsp3) is 0.312. The molecule has 2 N–H and O–H groups in total. The van der Waals surface area contributed by atoms with Crippen LogP contribution in [0, 0.1) is 0 Å². The highest BCUT2D eigenvalue weighted by atomic mass is 35.5. The Hall–Kier alpha value is -2.38. The Morgan fingerprint density at radius 2 is 1.83 bits per heavy atom. The molecule has 3 rings (SSSR count). The van der Waals surface area contributed by atoms with E-state index in [1.54, 1.807) is 0 Å². The van der Waals surface area contributed by atoms with Crippen LogP contribution in [0.1, 0.15) is 27.0 Å². The summed E-state index contributed by atoms with van der Waals surface area (Å²) >= 11 is 0. The highest BCUT2D eigenvalue weighted by molar-refractivity contribution is 5.98. The Kier molecular flexibility index (Phi) is 5.94. The highest BCUT2D eigenvalue weighted by Gasteiger charge is 2.21. The third kappa shape index (κ3) is 3.58. The van der Waals surface area contributed by atoms with E-state index in [1.165, 1.54) is 31.7 Å². The lowest BCUT2D eigenvalue weighted by atomic mass is 10.1. The van der Waals surface area contributed by atoms with Gasteiger partial charge in [0.25, 0.3) is 5.91 Å². The lowest BCUT2D eigenvalue weighted by molar-refractivity contribution is 0.0942. The van der Waals surface area contributed by atoms with Crippen molar-refractivity contribution in [2.45, 2.75) is 19.6 Å². The first-order chi connectivity index (χ1) is 11.2. The van der Waals surface area contributed by atoms with Gasteiger partial charge in [-0.25, -0.2) is 9.97 Å². The zero-order valence-electron chi connectivity index (χ0n) is 13.5. The molecule has 1 amide bonds. The number of hydrogen-bond donors (Lipinski definition) is 2. The number of methoxy groups -OCH3 is 2. The number of fused-ring (bicyclic) bond motifs is 1. The topological polar surface area (TPSA) is 85.4 Å². The summed E-state index contributed by atoms with van der Waals surface area (Å²) in [5.41, 5.74) is 3.81. The van der Waals surface area contributed by atoms with Gasteiger partial charge in [-0.3, -0.25) is 4.79 Å². The van der Waals surface area contributed by atoms with Gasteiger partial charge in [0.1, 0.15) is 6.33 Å². The number of hydrogen-bond acceptors (Lipinski definition) is 6. The third-order valence-corrected chi connectivity index (χ3v) is 3.75. The quantitative estimate of drug-likeness (QED) is 0.849. The summed E-state index contributed by atoms with van der Waals surface area (Å²) in [6.45, 7) is 2.18. The Bertz CT molecular complexity index is 717. The van der Waals surface area contributed by atoms with Gasteiger partial charge in [0.05, 0.1) is 14.2 Å². The summed E-state index contributed by atoms with van der Waals surface area (Å²) in [4.78, 5) is 20.3. The first-order valence-electron chi connectivity index (χ1n) is 7.25. The Labute approximate surface area is 146 Å². The SMILES string of the molecule is COc1ncnc(OC)c1C(=O)NCc1ccc2c(c1)CNC2.Cl. The second kappa shape index (κ2) is 7.94. The molecule has 0 aliphatic carbocycles. The zero-order valence-corrected chi connectivity index (χ0v) is 14.3. The first-order valence-corrected chi connectivity index (χ1v) is 7.25. The number of halogens is 1. The summed E-state index contributed by atoms with van der Waals surface area (Å²) < 4.78 is 10.2. The van der Waals surface area contributed by atoms with Crippen molar-refractivity contribution >= 4 is 18.3 Å².